The average Bonchev–Trinajstić information content (AvgIpc) is 2.98. The van der Waals surface area contributed by atoms with Crippen molar-refractivity contribution in [3.8, 4) is 11.4 Å². The number of hydrogen-bond donors (Lipinski definition) is 2. The summed E-state index contributed by atoms with van der Waals surface area (Å²) in [5.74, 6) is -0.600. The third-order valence-electron chi connectivity index (χ3n) is 2.84. The zero-order valence-corrected chi connectivity index (χ0v) is 9.45. The first-order chi connectivity index (χ1) is 8.66. The zero-order chi connectivity index (χ0) is 12.7. The fourth-order valence-corrected chi connectivity index (χ4v) is 1.96. The Morgan fingerprint density at radius 1 is 1.44 bits per heavy atom. The monoisotopic (exact) mass is 243 g/mol. The quantitative estimate of drug-likeness (QED) is 0.701. The Bertz CT molecular complexity index is 729. The largest absolute Gasteiger partial charge is 0.478 e. The van der Waals surface area contributed by atoms with Gasteiger partial charge in [0.05, 0.1) is 5.56 Å². The standard InChI is InChI=1S/C11H9N5O2/c1-16-3-2-7-8(11(17)18)4-6(5-9(7)16)10-12-14-15-13-10/h2-5H,1H3,(H,17,18)(H,12,13,14,15). The van der Waals surface area contributed by atoms with E-state index in [1.54, 1.807) is 12.1 Å². The van der Waals surface area contributed by atoms with Gasteiger partial charge in [0.15, 0.2) is 0 Å². The number of H-pyrrole nitrogens is 1. The first kappa shape index (κ1) is 10.5. The maximum atomic E-state index is 11.3. The van der Waals surface area contributed by atoms with Crippen LogP contribution >= 0.6 is 0 Å². The normalized spacial score (nSPS) is 10.9. The number of nitrogens with one attached hydrogen (secondary N) is 1. The van der Waals surface area contributed by atoms with E-state index >= 15 is 0 Å². The van der Waals surface area contributed by atoms with Crippen molar-refractivity contribution in [3.63, 3.8) is 0 Å². The smallest absolute Gasteiger partial charge is 0.336 e. The van der Waals surface area contributed by atoms with Gasteiger partial charge in [0.25, 0.3) is 0 Å². The number of aromatic carboxylic acids is 1. The molecule has 0 aliphatic rings. The third-order valence-corrected chi connectivity index (χ3v) is 2.84. The summed E-state index contributed by atoms with van der Waals surface area (Å²) in [6.07, 6.45) is 1.82. The van der Waals surface area contributed by atoms with Gasteiger partial charge in [0.1, 0.15) is 0 Å². The van der Waals surface area contributed by atoms with E-state index in [0.29, 0.717) is 16.8 Å². The minimum atomic E-state index is -0.975. The minimum Gasteiger partial charge on any atom is -0.478 e. The van der Waals surface area contributed by atoms with Crippen molar-refractivity contribution >= 4 is 16.9 Å². The Balaban J connectivity index is 2.35. The summed E-state index contributed by atoms with van der Waals surface area (Å²) in [6.45, 7) is 0. The molecule has 0 bridgehead atoms. The van der Waals surface area contributed by atoms with E-state index in [4.69, 9.17) is 0 Å². The molecule has 3 aromatic rings. The molecule has 2 aromatic heterocycles. The van der Waals surface area contributed by atoms with Crippen LogP contribution in [-0.4, -0.2) is 36.3 Å². The number of aromatic nitrogens is 5. The number of carboxylic acid groups (broad SMARTS) is 1. The van der Waals surface area contributed by atoms with Crippen molar-refractivity contribution in [1.29, 1.82) is 0 Å². The molecule has 0 radical (unpaired) electrons. The Hall–Kier alpha value is -2.70. The molecule has 18 heavy (non-hydrogen) atoms. The number of hydrogen-bond acceptors (Lipinski definition) is 4. The summed E-state index contributed by atoms with van der Waals surface area (Å²) in [4.78, 5) is 11.3. The van der Waals surface area contributed by atoms with Crippen LogP contribution in [0.3, 0.4) is 0 Å². The lowest BCUT2D eigenvalue weighted by Gasteiger charge is -2.03. The van der Waals surface area contributed by atoms with Crippen molar-refractivity contribution in [2.75, 3.05) is 0 Å². The molecule has 2 N–H and O–H groups in total. The van der Waals surface area contributed by atoms with E-state index < -0.39 is 5.97 Å². The van der Waals surface area contributed by atoms with Crippen molar-refractivity contribution in [1.82, 2.24) is 25.2 Å². The molecule has 2 heterocycles. The molecule has 0 atom stereocenters. The van der Waals surface area contributed by atoms with Crippen LogP contribution in [0.2, 0.25) is 0 Å². The van der Waals surface area contributed by atoms with Gasteiger partial charge in [0.2, 0.25) is 5.82 Å². The van der Waals surface area contributed by atoms with E-state index in [1.165, 1.54) is 0 Å². The fourth-order valence-electron chi connectivity index (χ4n) is 1.96. The molecule has 0 amide bonds. The Labute approximate surface area is 101 Å². The highest BCUT2D eigenvalue weighted by atomic mass is 16.4. The van der Waals surface area contributed by atoms with Crippen LogP contribution in [0.1, 0.15) is 10.4 Å². The molecule has 1 aromatic carbocycles. The summed E-state index contributed by atoms with van der Waals surface area (Å²) >= 11 is 0. The Kier molecular flexibility index (Phi) is 2.12. The first-order valence-corrected chi connectivity index (χ1v) is 5.23. The van der Waals surface area contributed by atoms with E-state index in [1.807, 2.05) is 23.9 Å². The lowest BCUT2D eigenvalue weighted by molar-refractivity contribution is 0.0699. The molecule has 0 saturated carbocycles. The topological polar surface area (TPSA) is 96.7 Å². The predicted molar refractivity (Wildman–Crippen MR) is 63.1 cm³/mol. The van der Waals surface area contributed by atoms with Gasteiger partial charge in [-0.15, -0.1) is 10.2 Å². The second-order valence-corrected chi connectivity index (χ2v) is 3.92. The van der Waals surface area contributed by atoms with Crippen LogP contribution in [0.4, 0.5) is 0 Å². The van der Waals surface area contributed by atoms with Crippen molar-refractivity contribution in [2.24, 2.45) is 7.05 Å². The van der Waals surface area contributed by atoms with Gasteiger partial charge in [-0.05, 0) is 23.4 Å². The van der Waals surface area contributed by atoms with Crippen molar-refractivity contribution in [3.05, 3.63) is 30.0 Å². The van der Waals surface area contributed by atoms with Crippen LogP contribution in [-0.2, 0) is 7.05 Å². The molecule has 0 saturated heterocycles. The second-order valence-electron chi connectivity index (χ2n) is 3.92. The van der Waals surface area contributed by atoms with Crippen LogP contribution in [0.15, 0.2) is 24.4 Å². The number of tetrazole rings is 1. The van der Waals surface area contributed by atoms with E-state index in [2.05, 4.69) is 20.6 Å². The summed E-state index contributed by atoms with van der Waals surface area (Å²) < 4.78 is 1.85. The molecule has 7 heteroatoms. The van der Waals surface area contributed by atoms with Gasteiger partial charge >= 0.3 is 5.97 Å². The molecule has 3 rings (SSSR count). The van der Waals surface area contributed by atoms with E-state index in [9.17, 15) is 9.90 Å². The van der Waals surface area contributed by atoms with Crippen molar-refractivity contribution < 1.29 is 9.90 Å². The third kappa shape index (κ3) is 1.45. The van der Waals surface area contributed by atoms with E-state index in [0.717, 1.165) is 5.52 Å². The lowest BCUT2D eigenvalue weighted by atomic mass is 10.1. The molecule has 0 fully saturated rings. The second kappa shape index (κ2) is 3.66. The van der Waals surface area contributed by atoms with Crippen molar-refractivity contribution in [2.45, 2.75) is 0 Å². The van der Waals surface area contributed by atoms with Gasteiger partial charge in [-0.25, -0.2) is 4.79 Å². The first-order valence-electron chi connectivity index (χ1n) is 5.23. The molecular weight excluding hydrogens is 234 g/mol. The average molecular weight is 243 g/mol. The van der Waals surface area contributed by atoms with Gasteiger partial charge in [-0.1, -0.05) is 0 Å². The van der Waals surface area contributed by atoms with Crippen LogP contribution < -0.4 is 0 Å². The van der Waals surface area contributed by atoms with Gasteiger partial charge in [-0.3, -0.25) is 0 Å². The molecule has 7 nitrogen and oxygen atoms in total. The highest BCUT2D eigenvalue weighted by molar-refractivity contribution is 6.04. The number of aromatic amines is 1. The van der Waals surface area contributed by atoms with Gasteiger partial charge in [-0.2, -0.15) is 5.21 Å². The number of nitrogens with zero attached hydrogens (tertiary/aromatic N) is 4. The highest BCUT2D eigenvalue weighted by Crippen LogP contribution is 2.26. The maximum absolute atomic E-state index is 11.3. The van der Waals surface area contributed by atoms with Crippen LogP contribution in [0, 0.1) is 0 Å². The van der Waals surface area contributed by atoms with Gasteiger partial charge < -0.3 is 9.67 Å². The lowest BCUT2D eigenvalue weighted by Crippen LogP contribution is -1.99. The number of benzene rings is 1. The van der Waals surface area contributed by atoms with E-state index in [-0.39, 0.29) is 5.56 Å². The molecule has 0 aliphatic carbocycles. The van der Waals surface area contributed by atoms with Crippen LogP contribution in [0.5, 0.6) is 0 Å². The summed E-state index contributed by atoms with van der Waals surface area (Å²) in [7, 11) is 1.86. The molecule has 90 valence electrons. The molecule has 0 unspecified atom stereocenters. The number of fused-ring (bicyclic) bond motifs is 1. The maximum Gasteiger partial charge on any atom is 0.336 e. The summed E-state index contributed by atoms with van der Waals surface area (Å²) in [5, 5.41) is 23.5. The summed E-state index contributed by atoms with van der Waals surface area (Å²) in [6, 6.07) is 5.17. The molecule has 0 aliphatic heterocycles. The minimum absolute atomic E-state index is 0.230. The highest BCUT2D eigenvalue weighted by Gasteiger charge is 2.15. The van der Waals surface area contributed by atoms with Crippen LogP contribution in [0.25, 0.3) is 22.3 Å². The summed E-state index contributed by atoms with van der Waals surface area (Å²) in [5.41, 5.74) is 1.66. The Morgan fingerprint density at radius 3 is 2.94 bits per heavy atom. The van der Waals surface area contributed by atoms with Gasteiger partial charge in [0, 0.05) is 29.7 Å². The molecular formula is C11H9N5O2. The fraction of sp³-hybridized carbons (Fsp3) is 0.0909. The molecule has 0 spiro atoms. The number of rotatable bonds is 2. The SMILES string of the molecule is Cn1ccc2c(C(=O)O)cc(-c3nn[nH]n3)cc21. The number of carboxylic acids is 1. The zero-order valence-electron chi connectivity index (χ0n) is 9.45. The Morgan fingerprint density at radius 2 is 2.28 bits per heavy atom. The predicted octanol–water partition coefficient (Wildman–Crippen LogP) is 1.06. The number of aryl methyl sites for hydroxylation is 1. The number of carbonyl (C=O) groups is 1.